The van der Waals surface area contributed by atoms with Crippen LogP contribution >= 0.6 is 11.6 Å². The molecule has 1 aromatic rings. The first-order chi connectivity index (χ1) is 7.66. The lowest BCUT2D eigenvalue weighted by molar-refractivity contribution is 0.209. The van der Waals surface area contributed by atoms with Gasteiger partial charge in [0.1, 0.15) is 0 Å². The van der Waals surface area contributed by atoms with Crippen molar-refractivity contribution in [3.8, 4) is 0 Å². The van der Waals surface area contributed by atoms with Crippen molar-refractivity contribution in [3.63, 3.8) is 0 Å². The molecule has 1 aliphatic rings. The molecule has 0 N–H and O–H groups in total. The number of hydrogen-bond donors (Lipinski definition) is 0. The van der Waals surface area contributed by atoms with E-state index < -0.39 is 0 Å². The third-order valence-corrected chi connectivity index (χ3v) is 3.05. The average Bonchev–Trinajstić information content (AvgIpc) is 2.29. The number of hydrogen-bond acceptors (Lipinski definition) is 5. The second kappa shape index (κ2) is 4.93. The number of aromatic nitrogens is 3. The largest absolute Gasteiger partial charge is 0.353 e. The van der Waals surface area contributed by atoms with Crippen LogP contribution in [0, 0.1) is 0 Å². The molecule has 1 aromatic heterocycles. The topological polar surface area (TPSA) is 45.2 Å². The van der Waals surface area contributed by atoms with E-state index in [1.807, 2.05) is 0 Å². The summed E-state index contributed by atoms with van der Waals surface area (Å²) in [5, 5.41) is 7.67. The van der Waals surface area contributed by atoms with Crippen LogP contribution in [0.1, 0.15) is 13.8 Å². The quantitative estimate of drug-likeness (QED) is 0.775. The molecule has 0 aliphatic carbocycles. The van der Waals surface area contributed by atoms with E-state index in [-0.39, 0.29) is 5.28 Å². The van der Waals surface area contributed by atoms with Gasteiger partial charge >= 0.3 is 0 Å². The Morgan fingerprint density at radius 2 is 1.94 bits per heavy atom. The molecule has 0 saturated carbocycles. The lowest BCUT2D eigenvalue weighted by Gasteiger charge is -2.37. The zero-order valence-corrected chi connectivity index (χ0v) is 10.4. The van der Waals surface area contributed by atoms with Crippen LogP contribution in [0.4, 0.5) is 5.82 Å². The monoisotopic (exact) mass is 241 g/mol. The SMILES string of the molecule is CC(C)N1CCN(c2cnnc(Cl)n2)CC1. The van der Waals surface area contributed by atoms with Crippen molar-refractivity contribution in [2.24, 2.45) is 0 Å². The van der Waals surface area contributed by atoms with E-state index in [9.17, 15) is 0 Å². The summed E-state index contributed by atoms with van der Waals surface area (Å²) < 4.78 is 0. The number of nitrogens with zero attached hydrogens (tertiary/aromatic N) is 5. The van der Waals surface area contributed by atoms with Gasteiger partial charge in [-0.3, -0.25) is 4.90 Å². The summed E-state index contributed by atoms with van der Waals surface area (Å²) >= 11 is 5.72. The molecule has 5 nitrogen and oxygen atoms in total. The summed E-state index contributed by atoms with van der Waals surface area (Å²) in [4.78, 5) is 8.81. The number of halogens is 1. The van der Waals surface area contributed by atoms with E-state index in [1.54, 1.807) is 6.20 Å². The van der Waals surface area contributed by atoms with Gasteiger partial charge in [-0.1, -0.05) is 0 Å². The van der Waals surface area contributed by atoms with E-state index in [0.717, 1.165) is 32.0 Å². The lowest BCUT2D eigenvalue weighted by Crippen LogP contribution is -2.49. The molecule has 0 atom stereocenters. The van der Waals surface area contributed by atoms with Gasteiger partial charge in [-0.2, -0.15) is 10.1 Å². The van der Waals surface area contributed by atoms with Gasteiger partial charge in [-0.15, -0.1) is 5.10 Å². The summed E-state index contributed by atoms with van der Waals surface area (Å²) in [6.45, 7) is 8.48. The number of piperazine rings is 1. The molecule has 2 heterocycles. The van der Waals surface area contributed by atoms with Gasteiger partial charge < -0.3 is 4.90 Å². The Bertz CT molecular complexity index is 349. The van der Waals surface area contributed by atoms with E-state index in [0.29, 0.717) is 6.04 Å². The highest BCUT2D eigenvalue weighted by Crippen LogP contribution is 2.14. The molecule has 88 valence electrons. The minimum Gasteiger partial charge on any atom is -0.353 e. The maximum Gasteiger partial charge on any atom is 0.244 e. The van der Waals surface area contributed by atoms with E-state index in [1.165, 1.54) is 0 Å². The van der Waals surface area contributed by atoms with Crippen LogP contribution in [0.5, 0.6) is 0 Å². The molecule has 2 rings (SSSR count). The maximum atomic E-state index is 5.72. The Balaban J connectivity index is 1.99. The first kappa shape index (κ1) is 11.5. The fraction of sp³-hybridized carbons (Fsp3) is 0.700. The third kappa shape index (κ3) is 2.59. The van der Waals surface area contributed by atoms with Crippen molar-refractivity contribution in [2.45, 2.75) is 19.9 Å². The van der Waals surface area contributed by atoms with E-state index in [4.69, 9.17) is 11.6 Å². The Hall–Kier alpha value is -0.940. The van der Waals surface area contributed by atoms with Crippen molar-refractivity contribution in [1.29, 1.82) is 0 Å². The zero-order valence-electron chi connectivity index (χ0n) is 9.60. The van der Waals surface area contributed by atoms with Gasteiger partial charge in [0.2, 0.25) is 5.28 Å². The summed E-state index contributed by atoms with van der Waals surface area (Å²) in [6, 6.07) is 0.606. The lowest BCUT2D eigenvalue weighted by atomic mass is 10.2. The second-order valence-corrected chi connectivity index (χ2v) is 4.54. The van der Waals surface area contributed by atoms with Crippen LogP contribution in [0.2, 0.25) is 5.28 Å². The minimum absolute atomic E-state index is 0.212. The van der Waals surface area contributed by atoms with Crippen molar-refractivity contribution in [3.05, 3.63) is 11.5 Å². The molecule has 1 saturated heterocycles. The zero-order chi connectivity index (χ0) is 11.5. The molecular formula is C10H16ClN5. The summed E-state index contributed by atoms with van der Waals surface area (Å²) in [7, 11) is 0. The van der Waals surface area contributed by atoms with Gasteiger partial charge in [0, 0.05) is 32.2 Å². The van der Waals surface area contributed by atoms with Crippen LogP contribution in [-0.4, -0.2) is 52.3 Å². The molecule has 6 heteroatoms. The van der Waals surface area contributed by atoms with Crippen LogP contribution in [-0.2, 0) is 0 Å². The first-order valence-corrected chi connectivity index (χ1v) is 5.89. The molecule has 0 radical (unpaired) electrons. The standard InChI is InChI=1S/C10H16ClN5/c1-8(2)15-3-5-16(6-4-15)9-7-12-14-10(11)13-9/h7-8H,3-6H2,1-2H3. The smallest absolute Gasteiger partial charge is 0.244 e. The molecule has 0 aromatic carbocycles. The number of rotatable bonds is 2. The highest BCUT2D eigenvalue weighted by molar-refractivity contribution is 6.28. The Morgan fingerprint density at radius 3 is 2.50 bits per heavy atom. The van der Waals surface area contributed by atoms with E-state index >= 15 is 0 Å². The normalized spacial score (nSPS) is 18.1. The van der Waals surface area contributed by atoms with Crippen LogP contribution < -0.4 is 4.90 Å². The van der Waals surface area contributed by atoms with Crippen LogP contribution in [0.15, 0.2) is 6.20 Å². The van der Waals surface area contributed by atoms with Crippen LogP contribution in [0.3, 0.4) is 0 Å². The Kier molecular flexibility index (Phi) is 3.56. The van der Waals surface area contributed by atoms with Gasteiger partial charge in [-0.25, -0.2) is 0 Å². The molecule has 0 amide bonds. The van der Waals surface area contributed by atoms with Gasteiger partial charge in [0.05, 0.1) is 6.20 Å². The molecule has 0 bridgehead atoms. The Morgan fingerprint density at radius 1 is 1.25 bits per heavy atom. The third-order valence-electron chi connectivity index (χ3n) is 2.89. The minimum atomic E-state index is 0.212. The summed E-state index contributed by atoms with van der Waals surface area (Å²) in [6.07, 6.45) is 1.66. The van der Waals surface area contributed by atoms with Crippen molar-refractivity contribution >= 4 is 17.4 Å². The van der Waals surface area contributed by atoms with Gasteiger partial charge in [-0.05, 0) is 25.4 Å². The average molecular weight is 242 g/mol. The fourth-order valence-corrected chi connectivity index (χ4v) is 2.02. The second-order valence-electron chi connectivity index (χ2n) is 4.20. The molecule has 16 heavy (non-hydrogen) atoms. The van der Waals surface area contributed by atoms with Gasteiger partial charge in [0.25, 0.3) is 0 Å². The van der Waals surface area contributed by atoms with Crippen molar-refractivity contribution < 1.29 is 0 Å². The molecule has 1 aliphatic heterocycles. The molecule has 0 spiro atoms. The van der Waals surface area contributed by atoms with Crippen molar-refractivity contribution in [1.82, 2.24) is 20.1 Å². The Labute approximate surface area is 100 Å². The molecular weight excluding hydrogens is 226 g/mol. The molecule has 0 unspecified atom stereocenters. The predicted octanol–water partition coefficient (Wildman–Crippen LogP) is 1.06. The molecule has 1 fully saturated rings. The highest BCUT2D eigenvalue weighted by Gasteiger charge is 2.19. The predicted molar refractivity (Wildman–Crippen MR) is 63.8 cm³/mol. The summed E-state index contributed by atoms with van der Waals surface area (Å²) in [5.41, 5.74) is 0. The number of anilines is 1. The maximum absolute atomic E-state index is 5.72. The highest BCUT2D eigenvalue weighted by atomic mass is 35.5. The van der Waals surface area contributed by atoms with Crippen molar-refractivity contribution in [2.75, 3.05) is 31.1 Å². The van der Waals surface area contributed by atoms with Crippen LogP contribution in [0.25, 0.3) is 0 Å². The van der Waals surface area contributed by atoms with Gasteiger partial charge in [0.15, 0.2) is 5.82 Å². The fourth-order valence-electron chi connectivity index (χ4n) is 1.89. The summed E-state index contributed by atoms with van der Waals surface area (Å²) in [5.74, 6) is 0.823. The van der Waals surface area contributed by atoms with E-state index in [2.05, 4.69) is 38.8 Å². The first-order valence-electron chi connectivity index (χ1n) is 5.51.